The lowest BCUT2D eigenvalue weighted by Crippen LogP contribution is -2.53. The van der Waals surface area contributed by atoms with Crippen LogP contribution in [0.5, 0.6) is 0 Å². The molecule has 1 saturated heterocycles. The van der Waals surface area contributed by atoms with Gasteiger partial charge in [-0.3, -0.25) is 9.59 Å². The number of likely N-dealkylation sites (N-methyl/N-ethyl adjacent to an activating group) is 1. The average Bonchev–Trinajstić information content (AvgIpc) is 2.72. The number of carbonyl (C=O) groups is 3. The number of methoxy groups -OCH3 is 1. The van der Waals surface area contributed by atoms with E-state index < -0.39 is 29.4 Å². The second-order valence-electron chi connectivity index (χ2n) is 4.67. The van der Waals surface area contributed by atoms with E-state index in [4.69, 9.17) is 9.84 Å². The van der Waals surface area contributed by atoms with Crippen LogP contribution in [0.3, 0.4) is 0 Å². The van der Waals surface area contributed by atoms with Gasteiger partial charge in [0.1, 0.15) is 12.0 Å². The van der Waals surface area contributed by atoms with Crippen LogP contribution in [-0.4, -0.2) is 67.9 Å². The van der Waals surface area contributed by atoms with Crippen LogP contribution in [0.1, 0.15) is 6.92 Å². The number of aliphatic carboxylic acids is 1. The zero-order valence-corrected chi connectivity index (χ0v) is 11.1. The summed E-state index contributed by atoms with van der Waals surface area (Å²) in [6, 6.07) is -1.19. The number of carbonyl (C=O) groups excluding carboxylic acids is 2. The molecule has 0 aromatic heterocycles. The molecule has 2 amide bonds. The number of carboxylic acids is 1. The Morgan fingerprint density at radius 2 is 2.16 bits per heavy atom. The fourth-order valence-electron chi connectivity index (χ4n) is 1.67. The van der Waals surface area contributed by atoms with Crippen LogP contribution in [0, 0.1) is 5.41 Å². The number of nitrogens with zero attached hydrogens (tertiary/aromatic N) is 1. The first-order chi connectivity index (χ1) is 8.81. The number of ether oxygens (including phenoxy) is 2. The second-order valence-corrected chi connectivity index (χ2v) is 4.67. The lowest BCUT2D eigenvalue weighted by atomic mass is 9.85. The van der Waals surface area contributed by atoms with Crippen molar-refractivity contribution in [1.82, 2.24) is 10.2 Å². The van der Waals surface area contributed by atoms with Gasteiger partial charge in [0.25, 0.3) is 0 Å². The molecule has 108 valence electrons. The molecule has 1 fully saturated rings. The van der Waals surface area contributed by atoms with Crippen LogP contribution in [0.4, 0.5) is 4.79 Å². The Morgan fingerprint density at radius 3 is 2.68 bits per heavy atom. The summed E-state index contributed by atoms with van der Waals surface area (Å²) >= 11 is 0. The molecule has 0 spiro atoms. The van der Waals surface area contributed by atoms with E-state index in [0.29, 0.717) is 0 Å². The minimum absolute atomic E-state index is 0.0357. The van der Waals surface area contributed by atoms with Gasteiger partial charge in [0.2, 0.25) is 0 Å². The van der Waals surface area contributed by atoms with Crippen LogP contribution in [0.2, 0.25) is 0 Å². The smallest absolute Gasteiger partial charge is 0.325 e. The molecular formula is C11H18N2O6. The van der Waals surface area contributed by atoms with Crippen molar-refractivity contribution in [3.8, 4) is 0 Å². The van der Waals surface area contributed by atoms with Crippen molar-refractivity contribution >= 4 is 18.0 Å². The summed E-state index contributed by atoms with van der Waals surface area (Å²) in [5.74, 6) is -1.59. The molecule has 0 aromatic rings. The van der Waals surface area contributed by atoms with Gasteiger partial charge in [-0.2, -0.15) is 0 Å². The lowest BCUT2D eigenvalue weighted by molar-refractivity contribution is -0.148. The number of rotatable bonds is 4. The maximum absolute atomic E-state index is 11.8. The predicted molar refractivity (Wildman–Crippen MR) is 63.5 cm³/mol. The lowest BCUT2D eigenvalue weighted by Gasteiger charge is -2.27. The summed E-state index contributed by atoms with van der Waals surface area (Å²) < 4.78 is 9.55. The topological polar surface area (TPSA) is 105 Å². The van der Waals surface area contributed by atoms with Crippen molar-refractivity contribution in [3.05, 3.63) is 0 Å². The normalized spacial score (nSPS) is 25.7. The Morgan fingerprint density at radius 1 is 1.53 bits per heavy atom. The fraction of sp³-hybridized carbons (Fsp3) is 0.727. The van der Waals surface area contributed by atoms with Crippen LogP contribution < -0.4 is 5.32 Å². The summed E-state index contributed by atoms with van der Waals surface area (Å²) in [5, 5.41) is 11.7. The molecule has 2 atom stereocenters. The van der Waals surface area contributed by atoms with Gasteiger partial charge in [-0.15, -0.1) is 0 Å². The Hall–Kier alpha value is -1.83. The first-order valence-corrected chi connectivity index (χ1v) is 5.71. The van der Waals surface area contributed by atoms with E-state index in [-0.39, 0.29) is 19.8 Å². The van der Waals surface area contributed by atoms with E-state index in [1.165, 1.54) is 21.1 Å². The number of amides is 2. The number of esters is 1. The monoisotopic (exact) mass is 274 g/mol. The molecule has 1 rings (SSSR count). The van der Waals surface area contributed by atoms with Crippen LogP contribution >= 0.6 is 0 Å². The molecule has 2 N–H and O–H groups in total. The highest BCUT2D eigenvalue weighted by molar-refractivity contribution is 5.82. The maximum atomic E-state index is 11.8. The molecule has 8 heteroatoms. The minimum atomic E-state index is -1.16. The van der Waals surface area contributed by atoms with E-state index in [1.54, 1.807) is 0 Å². The minimum Gasteiger partial charge on any atom is -0.481 e. The molecule has 0 radical (unpaired) electrons. The number of hydrogen-bond acceptors (Lipinski definition) is 5. The van der Waals surface area contributed by atoms with E-state index >= 15 is 0 Å². The van der Waals surface area contributed by atoms with Crippen molar-refractivity contribution in [2.24, 2.45) is 5.41 Å². The van der Waals surface area contributed by atoms with Crippen molar-refractivity contribution in [3.63, 3.8) is 0 Å². The van der Waals surface area contributed by atoms with Crippen LogP contribution in [-0.2, 0) is 19.1 Å². The van der Waals surface area contributed by atoms with Crippen molar-refractivity contribution in [2.45, 2.75) is 13.0 Å². The van der Waals surface area contributed by atoms with Gasteiger partial charge < -0.3 is 24.8 Å². The van der Waals surface area contributed by atoms with E-state index in [1.807, 2.05) is 0 Å². The first-order valence-electron chi connectivity index (χ1n) is 5.71. The molecule has 8 nitrogen and oxygen atoms in total. The van der Waals surface area contributed by atoms with Gasteiger partial charge in [0.05, 0.1) is 26.4 Å². The summed E-state index contributed by atoms with van der Waals surface area (Å²) in [7, 11) is 2.64. The zero-order valence-electron chi connectivity index (χ0n) is 11.1. The summed E-state index contributed by atoms with van der Waals surface area (Å²) in [5.41, 5.74) is -1.16. The van der Waals surface area contributed by atoms with Gasteiger partial charge in [-0.05, 0) is 6.92 Å². The molecule has 0 bridgehead atoms. The van der Waals surface area contributed by atoms with Crippen LogP contribution in [0.15, 0.2) is 0 Å². The van der Waals surface area contributed by atoms with Crippen molar-refractivity contribution < 1.29 is 29.0 Å². The standard InChI is InChI=1S/C11H18N2O6/c1-11(9(15)16)6-19-5-7(11)12-10(17)13(2)4-8(14)18-3/h7H,4-6H2,1-3H3,(H,12,17)(H,15,16). The van der Waals surface area contributed by atoms with Crippen LogP contribution in [0.25, 0.3) is 0 Å². The second kappa shape index (κ2) is 5.87. The Labute approximate surface area is 110 Å². The maximum Gasteiger partial charge on any atom is 0.325 e. The van der Waals surface area contributed by atoms with Crippen molar-refractivity contribution in [1.29, 1.82) is 0 Å². The molecule has 2 unspecified atom stereocenters. The summed E-state index contributed by atoms with van der Waals surface area (Å²) in [4.78, 5) is 35.2. The molecule has 1 aliphatic rings. The Bertz CT molecular complexity index is 385. The SMILES string of the molecule is COC(=O)CN(C)C(=O)NC1COCC1(C)C(=O)O. The fourth-order valence-corrected chi connectivity index (χ4v) is 1.67. The molecule has 0 aliphatic carbocycles. The summed E-state index contributed by atoms with van der Waals surface area (Å²) in [6.07, 6.45) is 0. The number of carboxylic acid groups (broad SMARTS) is 1. The van der Waals surface area contributed by atoms with Gasteiger partial charge in [-0.25, -0.2) is 4.79 Å². The largest absolute Gasteiger partial charge is 0.481 e. The quantitative estimate of drug-likeness (QED) is 0.656. The van der Waals surface area contributed by atoms with Gasteiger partial charge in [-0.1, -0.05) is 0 Å². The number of hydrogen-bond donors (Lipinski definition) is 2. The molecule has 0 aromatic carbocycles. The number of urea groups is 1. The zero-order chi connectivity index (χ0) is 14.6. The molecule has 0 saturated carbocycles. The van der Waals surface area contributed by atoms with Gasteiger partial charge >= 0.3 is 18.0 Å². The Kier molecular flexibility index (Phi) is 4.71. The summed E-state index contributed by atoms with van der Waals surface area (Å²) in [6.45, 7) is 1.46. The molecule has 19 heavy (non-hydrogen) atoms. The van der Waals surface area contributed by atoms with E-state index in [0.717, 1.165) is 4.90 Å². The molecular weight excluding hydrogens is 256 g/mol. The molecule has 1 heterocycles. The third-order valence-electron chi connectivity index (χ3n) is 3.18. The third kappa shape index (κ3) is 3.34. The van der Waals surface area contributed by atoms with Gasteiger partial charge in [0, 0.05) is 7.05 Å². The van der Waals surface area contributed by atoms with Gasteiger partial charge in [0.15, 0.2) is 0 Å². The highest BCUT2D eigenvalue weighted by Gasteiger charge is 2.47. The van der Waals surface area contributed by atoms with Crippen molar-refractivity contribution in [2.75, 3.05) is 33.9 Å². The van der Waals surface area contributed by atoms with E-state index in [2.05, 4.69) is 10.1 Å². The highest BCUT2D eigenvalue weighted by Crippen LogP contribution is 2.28. The van der Waals surface area contributed by atoms with E-state index in [9.17, 15) is 14.4 Å². The third-order valence-corrected chi connectivity index (χ3v) is 3.18. The number of nitrogens with one attached hydrogen (secondary N) is 1. The first kappa shape index (κ1) is 15.2. The Balaban J connectivity index is 2.61. The highest BCUT2D eigenvalue weighted by atomic mass is 16.5. The predicted octanol–water partition coefficient (Wildman–Crippen LogP) is -0.709. The molecule has 1 aliphatic heterocycles. The average molecular weight is 274 g/mol.